The predicted octanol–water partition coefficient (Wildman–Crippen LogP) is 1.91. The fourth-order valence-electron chi connectivity index (χ4n) is 1.76. The molecule has 1 N–H and O–H groups in total. The Morgan fingerprint density at radius 1 is 1.43 bits per heavy atom. The van der Waals surface area contributed by atoms with Crippen LogP contribution in [-0.2, 0) is 25.7 Å². The topological polar surface area (TPSA) is 77.5 Å². The molecule has 112 valence electrons. The second-order valence-electron chi connectivity index (χ2n) is 5.68. The molecule has 1 amide bonds. The molecule has 1 aromatic rings. The Hall–Kier alpha value is -2.21. The van der Waals surface area contributed by atoms with Crippen LogP contribution in [0.3, 0.4) is 0 Å². The lowest BCUT2D eigenvalue weighted by molar-refractivity contribution is -0.148. The quantitative estimate of drug-likeness (QED) is 0.665. The zero-order valence-electron chi connectivity index (χ0n) is 12.3. The van der Waals surface area contributed by atoms with Crippen molar-refractivity contribution in [3.8, 4) is 0 Å². The SMILES string of the molecule is CC(C)(C)OC(=O)/C=C/c1cnc2c(c1)COCC(=O)N2. The maximum absolute atomic E-state index is 11.6. The number of fused-ring (bicyclic) bond motifs is 1. The number of rotatable bonds is 2. The van der Waals surface area contributed by atoms with Gasteiger partial charge in [-0.2, -0.15) is 0 Å². The van der Waals surface area contributed by atoms with Gasteiger partial charge in [0.2, 0.25) is 0 Å². The molecule has 0 fully saturated rings. The van der Waals surface area contributed by atoms with Crippen LogP contribution in [0, 0.1) is 0 Å². The van der Waals surface area contributed by atoms with Gasteiger partial charge in [-0.15, -0.1) is 0 Å². The maximum Gasteiger partial charge on any atom is 0.331 e. The highest BCUT2D eigenvalue weighted by Gasteiger charge is 2.15. The molecular weight excluding hydrogens is 272 g/mol. The summed E-state index contributed by atoms with van der Waals surface area (Å²) in [6.07, 6.45) is 4.55. The molecule has 0 aliphatic carbocycles. The smallest absolute Gasteiger partial charge is 0.331 e. The van der Waals surface area contributed by atoms with Crippen LogP contribution in [0.2, 0.25) is 0 Å². The fraction of sp³-hybridized carbons (Fsp3) is 0.400. The first-order chi connectivity index (χ1) is 9.83. The Morgan fingerprint density at radius 2 is 2.19 bits per heavy atom. The highest BCUT2D eigenvalue weighted by Crippen LogP contribution is 2.18. The van der Waals surface area contributed by atoms with E-state index < -0.39 is 11.6 Å². The van der Waals surface area contributed by atoms with Gasteiger partial charge in [0.05, 0.1) is 6.61 Å². The first kappa shape index (κ1) is 15.2. The molecule has 6 nitrogen and oxygen atoms in total. The zero-order chi connectivity index (χ0) is 15.5. The molecule has 0 radical (unpaired) electrons. The molecule has 0 aromatic carbocycles. The summed E-state index contributed by atoms with van der Waals surface area (Å²) < 4.78 is 10.4. The summed E-state index contributed by atoms with van der Waals surface area (Å²) in [4.78, 5) is 27.1. The van der Waals surface area contributed by atoms with Crippen LogP contribution in [-0.4, -0.2) is 29.1 Å². The minimum Gasteiger partial charge on any atom is -0.457 e. The average Bonchev–Trinajstić information content (AvgIpc) is 2.54. The summed E-state index contributed by atoms with van der Waals surface area (Å²) in [6.45, 7) is 5.74. The first-order valence-electron chi connectivity index (χ1n) is 6.61. The van der Waals surface area contributed by atoms with Crippen molar-refractivity contribution in [1.29, 1.82) is 0 Å². The summed E-state index contributed by atoms with van der Waals surface area (Å²) in [5, 5.41) is 2.65. The van der Waals surface area contributed by atoms with E-state index in [9.17, 15) is 9.59 Å². The van der Waals surface area contributed by atoms with Crippen LogP contribution in [0.1, 0.15) is 31.9 Å². The molecular formula is C15H18N2O4. The molecule has 1 aliphatic heterocycles. The highest BCUT2D eigenvalue weighted by atomic mass is 16.6. The molecule has 0 unspecified atom stereocenters. The Bertz CT molecular complexity index is 588. The third kappa shape index (κ3) is 4.68. The minimum absolute atomic E-state index is 0.0133. The molecule has 6 heteroatoms. The zero-order valence-corrected chi connectivity index (χ0v) is 12.3. The number of esters is 1. The lowest BCUT2D eigenvalue weighted by atomic mass is 10.1. The van der Waals surface area contributed by atoms with E-state index in [4.69, 9.17) is 9.47 Å². The molecule has 2 rings (SSSR count). The second kappa shape index (κ2) is 6.05. The predicted molar refractivity (Wildman–Crippen MR) is 77.4 cm³/mol. The lowest BCUT2D eigenvalue weighted by Gasteiger charge is -2.17. The van der Waals surface area contributed by atoms with Gasteiger partial charge in [0.1, 0.15) is 18.0 Å². The number of pyridine rings is 1. The van der Waals surface area contributed by atoms with Crippen molar-refractivity contribution in [2.24, 2.45) is 0 Å². The number of anilines is 1. The van der Waals surface area contributed by atoms with Crippen molar-refractivity contribution in [2.75, 3.05) is 11.9 Å². The van der Waals surface area contributed by atoms with E-state index in [0.717, 1.165) is 11.1 Å². The monoisotopic (exact) mass is 290 g/mol. The maximum atomic E-state index is 11.6. The molecule has 1 aromatic heterocycles. The molecule has 0 saturated carbocycles. The number of nitrogens with zero attached hydrogens (tertiary/aromatic N) is 1. The van der Waals surface area contributed by atoms with E-state index in [0.29, 0.717) is 12.4 Å². The van der Waals surface area contributed by atoms with Crippen molar-refractivity contribution < 1.29 is 19.1 Å². The van der Waals surface area contributed by atoms with Crippen molar-refractivity contribution in [2.45, 2.75) is 33.0 Å². The summed E-state index contributed by atoms with van der Waals surface area (Å²) in [7, 11) is 0. The molecule has 1 aliphatic rings. The standard InChI is InChI=1S/C15H18N2O4/c1-15(2,3)21-13(19)5-4-10-6-11-8-20-9-12(18)17-14(11)16-7-10/h4-7H,8-9H2,1-3H3,(H,16,17,18)/b5-4+. The Labute approximate surface area is 123 Å². The number of nitrogens with one attached hydrogen (secondary N) is 1. The number of carbonyl (C=O) groups is 2. The molecule has 21 heavy (non-hydrogen) atoms. The van der Waals surface area contributed by atoms with Gasteiger partial charge in [0, 0.05) is 17.8 Å². The van der Waals surface area contributed by atoms with Crippen LogP contribution in [0.15, 0.2) is 18.3 Å². The van der Waals surface area contributed by atoms with Gasteiger partial charge in [0.15, 0.2) is 0 Å². The molecule has 0 spiro atoms. The van der Waals surface area contributed by atoms with Gasteiger partial charge >= 0.3 is 5.97 Å². The number of ether oxygens (including phenoxy) is 2. The summed E-state index contributed by atoms with van der Waals surface area (Å²) >= 11 is 0. The summed E-state index contributed by atoms with van der Waals surface area (Å²) in [5.74, 6) is -0.146. The minimum atomic E-state index is -0.522. The van der Waals surface area contributed by atoms with Crippen LogP contribution in [0.5, 0.6) is 0 Å². The number of carbonyl (C=O) groups excluding carboxylic acids is 2. The fourth-order valence-corrected chi connectivity index (χ4v) is 1.76. The largest absolute Gasteiger partial charge is 0.457 e. The molecule has 0 atom stereocenters. The third-order valence-corrected chi connectivity index (χ3v) is 2.55. The lowest BCUT2D eigenvalue weighted by Crippen LogP contribution is -2.22. The van der Waals surface area contributed by atoms with Gasteiger partial charge in [-0.3, -0.25) is 4.79 Å². The van der Waals surface area contributed by atoms with E-state index in [2.05, 4.69) is 10.3 Å². The number of aromatic nitrogens is 1. The van der Waals surface area contributed by atoms with Gasteiger partial charge in [-0.25, -0.2) is 9.78 Å². The normalized spacial score (nSPS) is 15.3. The van der Waals surface area contributed by atoms with E-state index in [1.54, 1.807) is 12.3 Å². The van der Waals surface area contributed by atoms with Gasteiger partial charge < -0.3 is 14.8 Å². The summed E-state index contributed by atoms with van der Waals surface area (Å²) in [6, 6.07) is 1.81. The van der Waals surface area contributed by atoms with Crippen LogP contribution in [0.4, 0.5) is 5.82 Å². The van der Waals surface area contributed by atoms with Crippen molar-refractivity contribution in [3.63, 3.8) is 0 Å². The number of hydrogen-bond donors (Lipinski definition) is 1. The molecule has 0 saturated heterocycles. The van der Waals surface area contributed by atoms with Gasteiger partial charge in [0.25, 0.3) is 5.91 Å². The van der Waals surface area contributed by atoms with Crippen molar-refractivity contribution in [1.82, 2.24) is 4.98 Å². The Balaban J connectivity index is 2.10. The van der Waals surface area contributed by atoms with Gasteiger partial charge in [-0.1, -0.05) is 0 Å². The summed E-state index contributed by atoms with van der Waals surface area (Å²) in [5.41, 5.74) is 0.984. The third-order valence-electron chi connectivity index (χ3n) is 2.55. The van der Waals surface area contributed by atoms with E-state index >= 15 is 0 Å². The van der Waals surface area contributed by atoms with Crippen LogP contribution >= 0.6 is 0 Å². The van der Waals surface area contributed by atoms with Crippen LogP contribution < -0.4 is 5.32 Å². The number of hydrogen-bond acceptors (Lipinski definition) is 5. The van der Waals surface area contributed by atoms with E-state index in [1.165, 1.54) is 6.08 Å². The van der Waals surface area contributed by atoms with Crippen molar-refractivity contribution >= 4 is 23.8 Å². The Kier molecular flexibility index (Phi) is 4.37. The Morgan fingerprint density at radius 3 is 2.90 bits per heavy atom. The molecule has 0 bridgehead atoms. The van der Waals surface area contributed by atoms with Crippen molar-refractivity contribution in [3.05, 3.63) is 29.5 Å². The molecule has 2 heterocycles. The van der Waals surface area contributed by atoms with Gasteiger partial charge in [-0.05, 0) is 38.5 Å². The average molecular weight is 290 g/mol. The number of amides is 1. The van der Waals surface area contributed by atoms with Crippen LogP contribution in [0.25, 0.3) is 6.08 Å². The highest BCUT2D eigenvalue weighted by molar-refractivity contribution is 5.92. The van der Waals surface area contributed by atoms with E-state index in [1.807, 2.05) is 26.8 Å². The second-order valence-corrected chi connectivity index (χ2v) is 5.68. The van der Waals surface area contributed by atoms with E-state index in [-0.39, 0.29) is 12.5 Å². The first-order valence-corrected chi connectivity index (χ1v) is 6.61.